The second kappa shape index (κ2) is 8.00. The van der Waals surface area contributed by atoms with E-state index in [1.165, 1.54) is 16.7 Å². The molecule has 0 aliphatic carbocycles. The number of amides is 1. The number of sulfone groups is 1. The predicted octanol–water partition coefficient (Wildman–Crippen LogP) is 4.11. The Balaban J connectivity index is 1.51. The molecule has 7 heteroatoms. The van der Waals surface area contributed by atoms with Gasteiger partial charge in [0.05, 0.1) is 17.1 Å². The van der Waals surface area contributed by atoms with Crippen molar-refractivity contribution < 1.29 is 13.2 Å². The zero-order chi connectivity index (χ0) is 20.4. The second-order valence-corrected chi connectivity index (χ2v) is 10.4. The van der Waals surface area contributed by atoms with Gasteiger partial charge >= 0.3 is 0 Å². The Morgan fingerprint density at radius 1 is 1.10 bits per heavy atom. The maximum absolute atomic E-state index is 12.8. The van der Waals surface area contributed by atoms with Crippen molar-refractivity contribution in [1.29, 1.82) is 0 Å². The van der Waals surface area contributed by atoms with Crippen LogP contribution in [0.15, 0.2) is 60.0 Å². The Hall–Kier alpha value is -2.64. The minimum Gasteiger partial charge on any atom is -0.365 e. The van der Waals surface area contributed by atoms with Crippen LogP contribution in [0.5, 0.6) is 0 Å². The molecular weight excluding hydrogens is 404 g/mol. The summed E-state index contributed by atoms with van der Waals surface area (Å²) in [6.45, 7) is 1.76. The molecule has 150 valence electrons. The van der Waals surface area contributed by atoms with Crippen molar-refractivity contribution >= 4 is 38.5 Å². The van der Waals surface area contributed by atoms with E-state index >= 15 is 0 Å². The molecule has 2 heterocycles. The van der Waals surface area contributed by atoms with E-state index in [2.05, 4.69) is 21.7 Å². The standard InChI is InChI=1S/C22H22N2O3S2/c1-29(26,27)15-16-6-8-17(9-7-16)22(25)23-19-4-2-3-5-20(19)24-12-10-21-18(14-24)11-13-28-21/h2-9,11,13H,10,12,14-15H2,1H3,(H,23,25). The highest BCUT2D eigenvalue weighted by Gasteiger charge is 2.20. The van der Waals surface area contributed by atoms with Gasteiger partial charge in [-0.1, -0.05) is 24.3 Å². The average molecular weight is 427 g/mol. The lowest BCUT2D eigenvalue weighted by molar-refractivity contribution is 0.102. The number of benzene rings is 2. The first-order valence-corrected chi connectivity index (χ1v) is 12.3. The lowest BCUT2D eigenvalue weighted by atomic mass is 10.1. The molecule has 0 atom stereocenters. The van der Waals surface area contributed by atoms with Gasteiger partial charge in [0.15, 0.2) is 9.84 Å². The van der Waals surface area contributed by atoms with Crippen LogP contribution in [0, 0.1) is 0 Å². The number of para-hydroxylation sites is 2. The van der Waals surface area contributed by atoms with E-state index in [1.807, 2.05) is 24.3 Å². The zero-order valence-corrected chi connectivity index (χ0v) is 17.7. The van der Waals surface area contributed by atoms with Crippen molar-refractivity contribution in [3.63, 3.8) is 0 Å². The molecule has 1 N–H and O–H groups in total. The molecule has 0 saturated carbocycles. The van der Waals surface area contributed by atoms with Crippen LogP contribution in [0.2, 0.25) is 0 Å². The summed E-state index contributed by atoms with van der Waals surface area (Å²) in [6.07, 6.45) is 2.21. The molecule has 1 aliphatic rings. The Morgan fingerprint density at radius 3 is 2.62 bits per heavy atom. The van der Waals surface area contributed by atoms with Gasteiger partial charge in [-0.05, 0) is 53.3 Å². The van der Waals surface area contributed by atoms with Crippen molar-refractivity contribution in [3.8, 4) is 0 Å². The van der Waals surface area contributed by atoms with Crippen LogP contribution >= 0.6 is 11.3 Å². The summed E-state index contributed by atoms with van der Waals surface area (Å²) in [5.74, 6) is -0.242. The third-order valence-electron chi connectivity index (χ3n) is 4.95. The van der Waals surface area contributed by atoms with Crippen LogP contribution < -0.4 is 10.2 Å². The number of carbonyl (C=O) groups excluding carboxylic acids is 1. The van der Waals surface area contributed by atoms with Gasteiger partial charge in [0.25, 0.3) is 5.91 Å². The second-order valence-electron chi connectivity index (χ2n) is 7.28. The lowest BCUT2D eigenvalue weighted by Crippen LogP contribution is -2.30. The van der Waals surface area contributed by atoms with Crippen LogP contribution in [0.4, 0.5) is 11.4 Å². The highest BCUT2D eigenvalue weighted by molar-refractivity contribution is 7.89. The zero-order valence-electron chi connectivity index (χ0n) is 16.1. The number of nitrogens with one attached hydrogen (secondary N) is 1. The minimum absolute atomic E-state index is 0.0305. The molecule has 0 spiro atoms. The monoisotopic (exact) mass is 426 g/mol. The van der Waals surface area contributed by atoms with Crippen molar-refractivity contribution in [2.24, 2.45) is 0 Å². The van der Waals surface area contributed by atoms with Crippen LogP contribution in [-0.4, -0.2) is 27.1 Å². The van der Waals surface area contributed by atoms with Crippen LogP contribution in [0.25, 0.3) is 0 Å². The fraction of sp³-hybridized carbons (Fsp3) is 0.227. The molecule has 0 unspecified atom stereocenters. The van der Waals surface area contributed by atoms with Gasteiger partial charge in [-0.2, -0.15) is 0 Å². The van der Waals surface area contributed by atoms with E-state index < -0.39 is 9.84 Å². The van der Waals surface area contributed by atoms with E-state index in [1.54, 1.807) is 35.6 Å². The maximum Gasteiger partial charge on any atom is 0.255 e. The molecule has 0 saturated heterocycles. The summed E-state index contributed by atoms with van der Waals surface area (Å²) < 4.78 is 22.8. The highest BCUT2D eigenvalue weighted by Crippen LogP contribution is 2.32. The summed E-state index contributed by atoms with van der Waals surface area (Å²) in [4.78, 5) is 16.5. The van der Waals surface area contributed by atoms with Crippen LogP contribution in [0.3, 0.4) is 0 Å². The number of carbonyl (C=O) groups is 1. The topological polar surface area (TPSA) is 66.5 Å². The number of thiophene rings is 1. The first-order valence-electron chi connectivity index (χ1n) is 9.36. The molecule has 5 nitrogen and oxygen atoms in total. The number of fused-ring (bicyclic) bond motifs is 1. The van der Waals surface area contributed by atoms with Crippen molar-refractivity contribution in [2.45, 2.75) is 18.7 Å². The molecule has 2 aromatic carbocycles. The van der Waals surface area contributed by atoms with Crippen molar-refractivity contribution in [3.05, 3.63) is 81.5 Å². The number of hydrogen-bond donors (Lipinski definition) is 1. The Morgan fingerprint density at radius 2 is 1.86 bits per heavy atom. The molecule has 0 fully saturated rings. The number of hydrogen-bond acceptors (Lipinski definition) is 5. The fourth-order valence-electron chi connectivity index (χ4n) is 3.56. The largest absolute Gasteiger partial charge is 0.365 e. The van der Waals surface area contributed by atoms with Crippen molar-refractivity contribution in [2.75, 3.05) is 23.0 Å². The maximum atomic E-state index is 12.8. The van der Waals surface area contributed by atoms with Gasteiger partial charge in [0.1, 0.15) is 0 Å². The third-order valence-corrected chi connectivity index (χ3v) is 6.83. The van der Waals surface area contributed by atoms with Crippen LogP contribution in [0.1, 0.15) is 26.4 Å². The summed E-state index contributed by atoms with van der Waals surface area (Å²) in [5, 5.41) is 5.15. The average Bonchev–Trinajstić information content (AvgIpc) is 3.15. The summed E-state index contributed by atoms with van der Waals surface area (Å²) >= 11 is 1.81. The summed E-state index contributed by atoms with van der Waals surface area (Å²) in [6, 6.07) is 16.7. The van der Waals surface area contributed by atoms with Crippen LogP contribution in [-0.2, 0) is 28.6 Å². The van der Waals surface area contributed by atoms with Gasteiger partial charge in [-0.25, -0.2) is 8.42 Å². The molecule has 0 radical (unpaired) electrons. The quantitative estimate of drug-likeness (QED) is 0.667. The molecule has 29 heavy (non-hydrogen) atoms. The minimum atomic E-state index is -3.10. The molecule has 1 amide bonds. The molecule has 1 aliphatic heterocycles. The predicted molar refractivity (Wildman–Crippen MR) is 118 cm³/mol. The van der Waals surface area contributed by atoms with E-state index in [9.17, 15) is 13.2 Å². The summed E-state index contributed by atoms with van der Waals surface area (Å²) in [5.41, 5.74) is 4.30. The molecule has 4 rings (SSSR count). The van der Waals surface area contributed by atoms with E-state index in [-0.39, 0.29) is 11.7 Å². The van der Waals surface area contributed by atoms with E-state index in [4.69, 9.17) is 0 Å². The third kappa shape index (κ3) is 4.68. The van der Waals surface area contributed by atoms with Gasteiger partial charge in [0, 0.05) is 29.8 Å². The van der Waals surface area contributed by atoms with Crippen molar-refractivity contribution in [1.82, 2.24) is 0 Å². The Kier molecular flexibility index (Phi) is 5.43. The number of nitrogens with zero attached hydrogens (tertiary/aromatic N) is 1. The van der Waals surface area contributed by atoms with Gasteiger partial charge in [-0.15, -0.1) is 11.3 Å². The van der Waals surface area contributed by atoms with Gasteiger partial charge in [0.2, 0.25) is 0 Å². The first kappa shape index (κ1) is 19.7. The Bertz CT molecular complexity index is 1130. The molecule has 1 aromatic heterocycles. The molecule has 0 bridgehead atoms. The fourth-order valence-corrected chi connectivity index (χ4v) is 5.25. The summed E-state index contributed by atoms with van der Waals surface area (Å²) in [7, 11) is -3.10. The number of rotatable bonds is 5. The lowest BCUT2D eigenvalue weighted by Gasteiger charge is -2.30. The highest BCUT2D eigenvalue weighted by atomic mass is 32.2. The molecule has 3 aromatic rings. The smallest absolute Gasteiger partial charge is 0.255 e. The first-order chi connectivity index (χ1) is 13.9. The van der Waals surface area contributed by atoms with E-state index in [0.29, 0.717) is 11.1 Å². The van der Waals surface area contributed by atoms with E-state index in [0.717, 1.165) is 30.9 Å². The number of anilines is 2. The van der Waals surface area contributed by atoms with Gasteiger partial charge in [-0.3, -0.25) is 4.79 Å². The SMILES string of the molecule is CS(=O)(=O)Cc1ccc(C(=O)Nc2ccccc2N2CCc3sccc3C2)cc1. The normalized spacial score (nSPS) is 13.8. The molecular formula is C22H22N2O3S2. The van der Waals surface area contributed by atoms with Gasteiger partial charge < -0.3 is 10.2 Å². The Labute approximate surface area is 174 Å².